The average molecular weight is 770 g/mol. The zero-order chi connectivity index (χ0) is 40.2. The van der Waals surface area contributed by atoms with Crippen molar-refractivity contribution in [2.24, 2.45) is 0 Å². The van der Waals surface area contributed by atoms with Gasteiger partial charge in [-0.1, -0.05) is 141 Å². The Morgan fingerprint density at radius 1 is 0.375 bits per heavy atom. The molecule has 0 fully saturated rings. The molecule has 7 aromatic rings. The molecule has 56 heavy (non-hydrogen) atoms. The third-order valence-electron chi connectivity index (χ3n) is 11.1. The lowest BCUT2D eigenvalue weighted by atomic mass is 9.87. The van der Waals surface area contributed by atoms with Crippen LogP contribution in [0.3, 0.4) is 0 Å². The minimum atomic E-state index is -1.49. The third kappa shape index (κ3) is 8.26. The predicted molar refractivity (Wildman–Crippen MR) is 252 cm³/mol. The number of hydrogen-bond donors (Lipinski definition) is 0. The summed E-state index contributed by atoms with van der Waals surface area (Å²) >= 11 is 0. The molecule has 0 bridgehead atoms. The van der Waals surface area contributed by atoms with E-state index in [1.165, 1.54) is 48.7 Å². The van der Waals surface area contributed by atoms with Crippen LogP contribution in [-0.4, -0.2) is 21.1 Å². The first-order valence-corrected chi connectivity index (χ1v) is 27.1. The number of anilines is 6. The van der Waals surface area contributed by atoms with Crippen LogP contribution in [0.2, 0.25) is 39.3 Å². The van der Waals surface area contributed by atoms with Crippen LogP contribution in [0.15, 0.2) is 140 Å². The summed E-state index contributed by atoms with van der Waals surface area (Å²) in [4.78, 5) is 9.76. The monoisotopic (exact) mass is 769 g/mol. The molecule has 0 saturated heterocycles. The Kier molecular flexibility index (Phi) is 10.2. The molecule has 0 radical (unpaired) electrons. The number of nitrogens with zero attached hydrogens (tertiary/aromatic N) is 3. The van der Waals surface area contributed by atoms with Crippen molar-refractivity contribution in [3.8, 4) is 0 Å². The lowest BCUT2D eigenvalue weighted by Gasteiger charge is -2.28. The van der Waals surface area contributed by atoms with Gasteiger partial charge in [-0.3, -0.25) is 4.90 Å². The summed E-state index contributed by atoms with van der Waals surface area (Å²) in [5.41, 5.74) is 8.49. The summed E-state index contributed by atoms with van der Waals surface area (Å²) in [7, 11) is -2.92. The van der Waals surface area contributed by atoms with Crippen molar-refractivity contribution in [2.75, 3.05) is 9.80 Å². The zero-order valence-electron chi connectivity index (χ0n) is 35.6. The van der Waals surface area contributed by atoms with E-state index < -0.39 is 16.1 Å². The maximum absolute atomic E-state index is 5.07. The molecule has 0 saturated carbocycles. The Hall–Kier alpha value is -4.98. The molecule has 0 amide bonds. The van der Waals surface area contributed by atoms with Gasteiger partial charge < -0.3 is 4.90 Å². The number of benzene rings is 6. The van der Waals surface area contributed by atoms with Crippen LogP contribution in [0.1, 0.15) is 52.7 Å². The topological polar surface area (TPSA) is 19.4 Å². The van der Waals surface area contributed by atoms with Crippen molar-refractivity contribution in [1.29, 1.82) is 0 Å². The largest absolute Gasteiger partial charge is 0.310 e. The molecule has 0 atom stereocenters. The SMILES string of the molecule is CC(C)(C)c1ccc(N(c2ccc([Si](C)(C)C)cc2)c2ccc3cc4cc(N(c5ccc(C(C)(C)C)cc5)c5ccc([Si](C)(C)C)cn5)ccc4cc3c2)cc1. The number of hydrogen-bond acceptors (Lipinski definition) is 3. The first-order valence-electron chi connectivity index (χ1n) is 20.1. The standard InChI is InChI=1S/C51H59N3Si2/c1-50(2,3)40-15-21-42(22-16-40)53(43-25-27-47(28-26-43)55(7,8)9)45-19-13-36-32-39-34-46(20-14-37(39)31-38(36)33-45)54(44-23-17-41(18-24-44)51(4,5)6)49-30-29-48(35-52-49)56(10,11)12/h13-35H,1-12H3. The van der Waals surface area contributed by atoms with Gasteiger partial charge in [-0.15, -0.1) is 0 Å². The first-order chi connectivity index (χ1) is 26.3. The zero-order valence-corrected chi connectivity index (χ0v) is 37.6. The highest BCUT2D eigenvalue weighted by atomic mass is 28.3. The smallest absolute Gasteiger partial charge is 0.137 e. The van der Waals surface area contributed by atoms with Crippen LogP contribution >= 0.6 is 0 Å². The van der Waals surface area contributed by atoms with Crippen molar-refractivity contribution in [1.82, 2.24) is 4.98 Å². The highest BCUT2D eigenvalue weighted by molar-refractivity contribution is 6.89. The maximum Gasteiger partial charge on any atom is 0.137 e. The Morgan fingerprint density at radius 3 is 1.14 bits per heavy atom. The minimum Gasteiger partial charge on any atom is -0.310 e. The summed E-state index contributed by atoms with van der Waals surface area (Å²) in [5, 5.41) is 7.68. The van der Waals surface area contributed by atoms with Crippen LogP contribution < -0.4 is 20.2 Å². The number of aromatic nitrogens is 1. The van der Waals surface area contributed by atoms with Crippen molar-refractivity contribution >= 4 is 82.3 Å². The molecule has 6 aromatic carbocycles. The number of rotatable bonds is 8. The molecule has 5 heteroatoms. The number of pyridine rings is 1. The molecule has 0 unspecified atom stereocenters. The van der Waals surface area contributed by atoms with E-state index in [-0.39, 0.29) is 10.8 Å². The predicted octanol–water partition coefficient (Wildman–Crippen LogP) is 14.0. The van der Waals surface area contributed by atoms with Gasteiger partial charge in [0, 0.05) is 34.6 Å². The second-order valence-electron chi connectivity index (χ2n) is 19.6. The molecule has 286 valence electrons. The van der Waals surface area contributed by atoms with Crippen LogP contribution in [0, 0.1) is 0 Å². The summed E-state index contributed by atoms with van der Waals surface area (Å²) in [6.07, 6.45) is 2.09. The highest BCUT2D eigenvalue weighted by Gasteiger charge is 2.22. The van der Waals surface area contributed by atoms with E-state index >= 15 is 0 Å². The minimum absolute atomic E-state index is 0.0800. The van der Waals surface area contributed by atoms with E-state index in [0.29, 0.717) is 0 Å². The molecule has 1 heterocycles. The van der Waals surface area contributed by atoms with Gasteiger partial charge in [-0.25, -0.2) is 4.98 Å². The van der Waals surface area contributed by atoms with Crippen molar-refractivity contribution < 1.29 is 0 Å². The second kappa shape index (κ2) is 14.5. The number of fused-ring (bicyclic) bond motifs is 2. The molecule has 3 nitrogen and oxygen atoms in total. The van der Waals surface area contributed by atoms with Gasteiger partial charge in [-0.05, 0) is 128 Å². The first kappa shape index (κ1) is 39.3. The molecular weight excluding hydrogens is 711 g/mol. The third-order valence-corrected chi connectivity index (χ3v) is 15.2. The van der Waals surface area contributed by atoms with Gasteiger partial charge in [-0.2, -0.15) is 0 Å². The van der Waals surface area contributed by atoms with Gasteiger partial charge in [0.05, 0.1) is 16.1 Å². The normalized spacial score (nSPS) is 12.6. The van der Waals surface area contributed by atoms with Crippen LogP contribution in [0.4, 0.5) is 34.3 Å². The fraction of sp³-hybridized carbons (Fsp3) is 0.275. The average Bonchev–Trinajstić information content (AvgIpc) is 3.14. The molecule has 1 aromatic heterocycles. The van der Waals surface area contributed by atoms with E-state index in [0.717, 1.165) is 28.6 Å². The molecule has 0 aliphatic rings. The van der Waals surface area contributed by atoms with Crippen LogP contribution in [0.25, 0.3) is 21.5 Å². The fourth-order valence-electron chi connectivity index (χ4n) is 7.40. The Balaban J connectivity index is 1.31. The van der Waals surface area contributed by atoms with Gasteiger partial charge in [0.25, 0.3) is 0 Å². The summed E-state index contributed by atoms with van der Waals surface area (Å²) < 4.78 is 0. The van der Waals surface area contributed by atoms with E-state index in [1.807, 2.05) is 0 Å². The van der Waals surface area contributed by atoms with Gasteiger partial charge in [0.2, 0.25) is 0 Å². The molecule has 0 aliphatic heterocycles. The Bertz CT molecular complexity index is 2180. The van der Waals surface area contributed by atoms with Crippen molar-refractivity contribution in [2.45, 2.75) is 91.7 Å². The van der Waals surface area contributed by atoms with E-state index in [2.05, 4.69) is 230 Å². The van der Waals surface area contributed by atoms with E-state index in [9.17, 15) is 0 Å². The summed E-state index contributed by atoms with van der Waals surface area (Å²) in [6.45, 7) is 28.0. The Labute approximate surface area is 338 Å². The van der Waals surface area contributed by atoms with E-state index in [4.69, 9.17) is 4.98 Å². The van der Waals surface area contributed by atoms with E-state index in [1.54, 1.807) is 0 Å². The molecule has 0 spiro atoms. The van der Waals surface area contributed by atoms with Gasteiger partial charge >= 0.3 is 0 Å². The van der Waals surface area contributed by atoms with Crippen molar-refractivity contribution in [3.05, 3.63) is 151 Å². The fourth-order valence-corrected chi connectivity index (χ4v) is 9.61. The molecule has 0 N–H and O–H groups in total. The lowest BCUT2D eigenvalue weighted by Crippen LogP contribution is -2.37. The molecule has 0 aliphatic carbocycles. The van der Waals surface area contributed by atoms with Crippen LogP contribution in [-0.2, 0) is 10.8 Å². The Morgan fingerprint density at radius 2 is 0.750 bits per heavy atom. The van der Waals surface area contributed by atoms with Gasteiger partial charge in [0.15, 0.2) is 0 Å². The highest BCUT2D eigenvalue weighted by Crippen LogP contribution is 2.40. The summed E-state index contributed by atoms with van der Waals surface area (Å²) in [5.74, 6) is 0.925. The summed E-state index contributed by atoms with van der Waals surface area (Å²) in [6, 6.07) is 50.2. The quantitative estimate of drug-likeness (QED) is 0.113. The van der Waals surface area contributed by atoms with Gasteiger partial charge in [0.1, 0.15) is 5.82 Å². The molecule has 7 rings (SSSR count). The second-order valence-corrected chi connectivity index (χ2v) is 29.8. The van der Waals surface area contributed by atoms with Crippen molar-refractivity contribution in [3.63, 3.8) is 0 Å². The maximum atomic E-state index is 5.07. The molecular formula is C51H59N3Si2. The van der Waals surface area contributed by atoms with Crippen LogP contribution in [0.5, 0.6) is 0 Å². The lowest BCUT2D eigenvalue weighted by molar-refractivity contribution is 0.590.